The number of nitrogens with two attached hydrogens (primary N) is 1. The van der Waals surface area contributed by atoms with Gasteiger partial charge in [-0.3, -0.25) is 4.79 Å². The van der Waals surface area contributed by atoms with E-state index in [-0.39, 0.29) is 11.9 Å². The molecule has 1 unspecified atom stereocenters. The van der Waals surface area contributed by atoms with Gasteiger partial charge in [-0.1, -0.05) is 6.92 Å². The van der Waals surface area contributed by atoms with Gasteiger partial charge in [0.25, 0.3) is 0 Å². The largest absolute Gasteiger partial charge is 0.353 e. The van der Waals surface area contributed by atoms with Gasteiger partial charge in [-0.25, -0.2) is 9.97 Å². The van der Waals surface area contributed by atoms with Gasteiger partial charge in [0.05, 0.1) is 5.69 Å². The molecule has 6 heteroatoms. The van der Waals surface area contributed by atoms with Crippen LogP contribution in [0, 0.1) is 6.92 Å². The topological polar surface area (TPSA) is 84.1 Å². The molecule has 0 bridgehead atoms. The monoisotopic (exact) mass is 249 g/mol. The lowest BCUT2D eigenvalue weighted by Crippen LogP contribution is -2.55. The van der Waals surface area contributed by atoms with E-state index in [1.54, 1.807) is 0 Å². The van der Waals surface area contributed by atoms with E-state index in [1.165, 1.54) is 0 Å². The van der Waals surface area contributed by atoms with Crippen LogP contribution < -0.4 is 16.0 Å². The maximum Gasteiger partial charge on any atom is 0.242 e. The smallest absolute Gasteiger partial charge is 0.242 e. The molecule has 1 amide bonds. The van der Waals surface area contributed by atoms with Crippen molar-refractivity contribution in [1.82, 2.24) is 15.3 Å². The van der Waals surface area contributed by atoms with E-state index in [1.807, 2.05) is 24.8 Å². The first-order chi connectivity index (χ1) is 8.65. The van der Waals surface area contributed by atoms with E-state index in [4.69, 9.17) is 5.73 Å². The van der Waals surface area contributed by atoms with E-state index in [0.29, 0.717) is 19.0 Å². The molecule has 1 aliphatic rings. The maximum atomic E-state index is 11.8. The van der Waals surface area contributed by atoms with Crippen molar-refractivity contribution in [3.05, 3.63) is 17.5 Å². The van der Waals surface area contributed by atoms with Gasteiger partial charge in [-0.15, -0.1) is 0 Å². The molecule has 2 rings (SSSR count). The second-order valence-corrected chi connectivity index (χ2v) is 4.41. The Morgan fingerprint density at radius 2 is 2.33 bits per heavy atom. The Bertz CT molecular complexity index is 448. The normalized spacial score (nSPS) is 19.8. The van der Waals surface area contributed by atoms with Gasteiger partial charge in [0, 0.05) is 25.3 Å². The molecular weight excluding hydrogens is 230 g/mol. The lowest BCUT2D eigenvalue weighted by Gasteiger charge is -2.34. The summed E-state index contributed by atoms with van der Waals surface area (Å²) in [6.07, 6.45) is 0.737. The van der Waals surface area contributed by atoms with Crippen LogP contribution in [0.5, 0.6) is 0 Å². The third-order valence-corrected chi connectivity index (χ3v) is 3.08. The van der Waals surface area contributed by atoms with Gasteiger partial charge in [0.2, 0.25) is 11.9 Å². The van der Waals surface area contributed by atoms with Gasteiger partial charge < -0.3 is 16.0 Å². The number of anilines is 1. The first-order valence-electron chi connectivity index (χ1n) is 6.24. The molecule has 2 heterocycles. The average Bonchev–Trinajstić information content (AvgIpc) is 2.37. The molecule has 0 radical (unpaired) electrons. The molecule has 1 aromatic rings. The number of piperazine rings is 1. The summed E-state index contributed by atoms with van der Waals surface area (Å²) in [5.74, 6) is 0.653. The number of rotatable bonds is 3. The minimum Gasteiger partial charge on any atom is -0.353 e. The Kier molecular flexibility index (Phi) is 3.76. The van der Waals surface area contributed by atoms with Crippen molar-refractivity contribution in [3.63, 3.8) is 0 Å². The quantitative estimate of drug-likeness (QED) is 0.785. The number of hydrogen-bond donors (Lipinski definition) is 2. The molecule has 0 saturated carbocycles. The fraction of sp³-hybridized carbons (Fsp3) is 0.583. The first-order valence-corrected chi connectivity index (χ1v) is 6.24. The van der Waals surface area contributed by atoms with Crippen LogP contribution in [-0.2, 0) is 11.3 Å². The van der Waals surface area contributed by atoms with E-state index < -0.39 is 0 Å². The van der Waals surface area contributed by atoms with Gasteiger partial charge in [-0.2, -0.15) is 0 Å². The van der Waals surface area contributed by atoms with E-state index >= 15 is 0 Å². The number of aryl methyl sites for hydroxylation is 1. The molecule has 1 aliphatic heterocycles. The minimum atomic E-state index is -0.189. The van der Waals surface area contributed by atoms with Gasteiger partial charge in [0.1, 0.15) is 6.04 Å². The van der Waals surface area contributed by atoms with Crippen molar-refractivity contribution in [2.45, 2.75) is 32.9 Å². The molecular formula is C12H19N5O. The molecule has 98 valence electrons. The number of carbonyl (C=O) groups is 1. The summed E-state index contributed by atoms with van der Waals surface area (Å²) in [7, 11) is 0. The summed E-state index contributed by atoms with van der Waals surface area (Å²) in [6, 6.07) is 1.68. The second-order valence-electron chi connectivity index (χ2n) is 4.41. The number of amides is 1. The van der Waals surface area contributed by atoms with E-state index in [2.05, 4.69) is 15.3 Å². The first kappa shape index (κ1) is 12.8. The summed E-state index contributed by atoms with van der Waals surface area (Å²) < 4.78 is 0. The molecule has 1 atom stereocenters. The van der Waals surface area contributed by atoms with Crippen molar-refractivity contribution in [2.24, 2.45) is 5.73 Å². The predicted octanol–water partition coefficient (Wildman–Crippen LogP) is -0.0415. The third-order valence-electron chi connectivity index (χ3n) is 3.08. The predicted molar refractivity (Wildman–Crippen MR) is 69.1 cm³/mol. The van der Waals surface area contributed by atoms with Crippen LogP contribution >= 0.6 is 0 Å². The maximum absolute atomic E-state index is 11.8. The van der Waals surface area contributed by atoms with Crippen LogP contribution in [0.3, 0.4) is 0 Å². The van der Waals surface area contributed by atoms with Crippen LogP contribution in [0.1, 0.15) is 24.7 Å². The van der Waals surface area contributed by atoms with Crippen molar-refractivity contribution in [2.75, 3.05) is 18.0 Å². The summed E-state index contributed by atoms with van der Waals surface area (Å²) in [5.41, 5.74) is 7.30. The Labute approximate surface area is 107 Å². The highest BCUT2D eigenvalue weighted by Crippen LogP contribution is 2.17. The zero-order valence-corrected chi connectivity index (χ0v) is 10.8. The highest BCUT2D eigenvalue weighted by molar-refractivity contribution is 5.85. The van der Waals surface area contributed by atoms with E-state index in [0.717, 1.165) is 24.4 Å². The van der Waals surface area contributed by atoms with Gasteiger partial charge in [-0.05, 0) is 19.4 Å². The SMILES string of the molecule is CCC1C(=O)NCCN1c1nc(C)cc(CN)n1. The zero-order valence-electron chi connectivity index (χ0n) is 10.8. The lowest BCUT2D eigenvalue weighted by molar-refractivity contribution is -0.123. The van der Waals surface area contributed by atoms with Gasteiger partial charge in [0.15, 0.2) is 0 Å². The molecule has 3 N–H and O–H groups in total. The summed E-state index contributed by atoms with van der Waals surface area (Å²) in [5, 5.41) is 2.87. The zero-order chi connectivity index (χ0) is 13.1. The summed E-state index contributed by atoms with van der Waals surface area (Å²) in [6.45, 7) is 5.65. The molecule has 0 aliphatic carbocycles. The highest BCUT2D eigenvalue weighted by Gasteiger charge is 2.29. The van der Waals surface area contributed by atoms with Crippen LogP contribution in [-0.4, -0.2) is 35.0 Å². The second kappa shape index (κ2) is 5.30. The van der Waals surface area contributed by atoms with Crippen molar-refractivity contribution >= 4 is 11.9 Å². The Morgan fingerprint density at radius 1 is 1.56 bits per heavy atom. The number of hydrogen-bond acceptors (Lipinski definition) is 5. The molecule has 6 nitrogen and oxygen atoms in total. The minimum absolute atomic E-state index is 0.0446. The molecule has 1 saturated heterocycles. The number of nitrogens with zero attached hydrogens (tertiary/aromatic N) is 3. The van der Waals surface area contributed by atoms with Gasteiger partial charge >= 0.3 is 0 Å². The fourth-order valence-corrected chi connectivity index (χ4v) is 2.21. The van der Waals surface area contributed by atoms with Crippen molar-refractivity contribution < 1.29 is 4.79 Å². The van der Waals surface area contributed by atoms with Crippen LogP contribution in [0.4, 0.5) is 5.95 Å². The summed E-state index contributed by atoms with van der Waals surface area (Å²) >= 11 is 0. The fourth-order valence-electron chi connectivity index (χ4n) is 2.21. The van der Waals surface area contributed by atoms with Crippen molar-refractivity contribution in [1.29, 1.82) is 0 Å². The van der Waals surface area contributed by atoms with Crippen LogP contribution in [0.25, 0.3) is 0 Å². The Morgan fingerprint density at radius 3 is 3.00 bits per heavy atom. The molecule has 1 aromatic heterocycles. The van der Waals surface area contributed by atoms with Crippen LogP contribution in [0.2, 0.25) is 0 Å². The lowest BCUT2D eigenvalue weighted by atomic mass is 10.1. The molecule has 0 aromatic carbocycles. The average molecular weight is 249 g/mol. The Hall–Kier alpha value is -1.69. The number of carbonyl (C=O) groups excluding carboxylic acids is 1. The summed E-state index contributed by atoms with van der Waals surface area (Å²) in [4.78, 5) is 22.6. The highest BCUT2D eigenvalue weighted by atomic mass is 16.2. The van der Waals surface area contributed by atoms with E-state index in [9.17, 15) is 4.79 Å². The number of nitrogens with one attached hydrogen (secondary N) is 1. The standard InChI is InChI=1S/C12H19N5O/c1-3-10-11(18)14-4-5-17(10)12-15-8(2)6-9(7-13)16-12/h6,10H,3-5,7,13H2,1-2H3,(H,14,18). The van der Waals surface area contributed by atoms with Crippen molar-refractivity contribution in [3.8, 4) is 0 Å². The Balaban J connectivity index is 2.34. The number of aromatic nitrogens is 2. The molecule has 1 fully saturated rings. The third kappa shape index (κ3) is 2.43. The van der Waals surface area contributed by atoms with Crippen LogP contribution in [0.15, 0.2) is 6.07 Å². The molecule has 0 spiro atoms. The molecule has 18 heavy (non-hydrogen) atoms.